The van der Waals surface area contributed by atoms with Crippen molar-refractivity contribution >= 4 is 11.3 Å². The monoisotopic (exact) mass is 179 g/mol. The third-order valence-corrected chi connectivity index (χ3v) is 2.43. The summed E-state index contributed by atoms with van der Waals surface area (Å²) >= 11 is 1.65. The van der Waals surface area contributed by atoms with Crippen molar-refractivity contribution in [2.24, 2.45) is 5.73 Å². The van der Waals surface area contributed by atoms with Gasteiger partial charge in [-0.2, -0.15) is 11.3 Å². The molecule has 1 aromatic rings. The minimum absolute atomic E-state index is 0.345. The first-order chi connectivity index (χ1) is 5.64. The van der Waals surface area contributed by atoms with Gasteiger partial charge >= 0.3 is 0 Å². The molecule has 0 spiro atoms. The van der Waals surface area contributed by atoms with Crippen LogP contribution in [0.5, 0.6) is 0 Å². The molecule has 0 saturated heterocycles. The van der Waals surface area contributed by atoms with Gasteiger partial charge in [-0.1, -0.05) is 18.8 Å². The molecule has 0 aliphatic carbocycles. The van der Waals surface area contributed by atoms with Crippen molar-refractivity contribution in [3.63, 3.8) is 0 Å². The fraction of sp³-hybridized carbons (Fsp3) is 0.400. The van der Waals surface area contributed by atoms with E-state index in [2.05, 4.69) is 11.8 Å². The number of nitrogens with two attached hydrogens (primary N) is 1. The van der Waals surface area contributed by atoms with E-state index in [9.17, 15) is 0 Å². The van der Waals surface area contributed by atoms with Crippen LogP contribution in [0, 0.1) is 11.8 Å². The average Bonchev–Trinajstić information content (AvgIpc) is 2.53. The van der Waals surface area contributed by atoms with Crippen LogP contribution in [-0.4, -0.2) is 5.54 Å². The zero-order chi connectivity index (χ0) is 9.03. The normalized spacial score (nSPS) is 14.6. The third kappa shape index (κ3) is 2.69. The second-order valence-electron chi connectivity index (χ2n) is 3.03. The van der Waals surface area contributed by atoms with E-state index < -0.39 is 0 Å². The second-order valence-corrected chi connectivity index (χ2v) is 3.81. The highest BCUT2D eigenvalue weighted by atomic mass is 32.1. The predicted octanol–water partition coefficient (Wildman–Crippen LogP) is 2.23. The van der Waals surface area contributed by atoms with E-state index >= 15 is 0 Å². The molecule has 0 fully saturated rings. The predicted molar refractivity (Wildman–Crippen MR) is 54.1 cm³/mol. The van der Waals surface area contributed by atoms with E-state index in [1.54, 1.807) is 11.3 Å². The molecule has 1 nitrogen and oxygen atoms in total. The van der Waals surface area contributed by atoms with Gasteiger partial charge in [0.05, 0.1) is 5.54 Å². The Balaban J connectivity index is 2.72. The lowest BCUT2D eigenvalue weighted by molar-refractivity contribution is 0.586. The largest absolute Gasteiger partial charge is 0.315 e. The molecule has 1 atom stereocenters. The topological polar surface area (TPSA) is 26.0 Å². The maximum atomic E-state index is 5.86. The third-order valence-electron chi connectivity index (χ3n) is 1.75. The molecular formula is C10H13NS. The molecule has 0 saturated carbocycles. The molecule has 0 amide bonds. The van der Waals surface area contributed by atoms with Gasteiger partial charge in [0.1, 0.15) is 0 Å². The maximum absolute atomic E-state index is 5.86. The molecule has 12 heavy (non-hydrogen) atoms. The highest BCUT2D eigenvalue weighted by Gasteiger charge is 2.09. The Morgan fingerprint density at radius 3 is 2.92 bits per heavy atom. The zero-order valence-corrected chi connectivity index (χ0v) is 8.24. The van der Waals surface area contributed by atoms with Crippen LogP contribution >= 0.6 is 11.3 Å². The first kappa shape index (κ1) is 9.31. The fourth-order valence-corrected chi connectivity index (χ4v) is 1.23. The van der Waals surface area contributed by atoms with Gasteiger partial charge in [0.25, 0.3) is 0 Å². The van der Waals surface area contributed by atoms with Crippen LogP contribution in [0.15, 0.2) is 16.8 Å². The lowest BCUT2D eigenvalue weighted by Gasteiger charge is -2.13. The lowest BCUT2D eigenvalue weighted by Crippen LogP contribution is -2.32. The molecule has 2 heteroatoms. The van der Waals surface area contributed by atoms with E-state index in [0.717, 1.165) is 12.0 Å². The Hall–Kier alpha value is -0.780. The second kappa shape index (κ2) is 3.75. The van der Waals surface area contributed by atoms with Crippen LogP contribution in [0.3, 0.4) is 0 Å². The molecule has 1 unspecified atom stereocenters. The van der Waals surface area contributed by atoms with Crippen molar-refractivity contribution in [3.05, 3.63) is 22.4 Å². The van der Waals surface area contributed by atoms with E-state index in [1.165, 1.54) is 0 Å². The fourth-order valence-electron chi connectivity index (χ4n) is 0.639. The van der Waals surface area contributed by atoms with Gasteiger partial charge in [0.15, 0.2) is 0 Å². The minimum atomic E-state index is -0.345. The number of hydrogen-bond acceptors (Lipinski definition) is 2. The summed E-state index contributed by atoms with van der Waals surface area (Å²) in [5, 5.41) is 4.04. The Morgan fingerprint density at radius 2 is 2.42 bits per heavy atom. The van der Waals surface area contributed by atoms with Crippen LogP contribution in [0.1, 0.15) is 25.8 Å². The Bertz CT molecular complexity index is 287. The molecule has 0 aliphatic heterocycles. The summed E-state index contributed by atoms with van der Waals surface area (Å²) in [7, 11) is 0. The van der Waals surface area contributed by atoms with Crippen molar-refractivity contribution in [2.45, 2.75) is 25.8 Å². The summed E-state index contributed by atoms with van der Waals surface area (Å²) in [5.74, 6) is 6.10. The maximum Gasteiger partial charge on any atom is 0.0748 e. The summed E-state index contributed by atoms with van der Waals surface area (Å²) in [6.45, 7) is 3.99. The standard InChI is InChI=1S/C10H13NS/c1-3-10(2,11)6-4-9-5-7-12-8-9/h5,7-8H,3,11H2,1-2H3. The van der Waals surface area contributed by atoms with Gasteiger partial charge in [-0.25, -0.2) is 0 Å². The van der Waals surface area contributed by atoms with Crippen molar-refractivity contribution in [1.29, 1.82) is 0 Å². The first-order valence-corrected chi connectivity index (χ1v) is 4.92. The highest BCUT2D eigenvalue weighted by Crippen LogP contribution is 2.06. The summed E-state index contributed by atoms with van der Waals surface area (Å²) in [5.41, 5.74) is 6.58. The van der Waals surface area contributed by atoms with E-state index in [-0.39, 0.29) is 5.54 Å². The average molecular weight is 179 g/mol. The Labute approximate surface area is 77.6 Å². The van der Waals surface area contributed by atoms with Crippen LogP contribution in [0.2, 0.25) is 0 Å². The molecule has 1 rings (SSSR count). The molecule has 0 aromatic carbocycles. The molecule has 0 bridgehead atoms. The quantitative estimate of drug-likeness (QED) is 0.657. The number of hydrogen-bond donors (Lipinski definition) is 1. The molecule has 1 aromatic heterocycles. The zero-order valence-electron chi connectivity index (χ0n) is 7.42. The van der Waals surface area contributed by atoms with Gasteiger partial charge in [-0.15, -0.1) is 0 Å². The van der Waals surface area contributed by atoms with Crippen molar-refractivity contribution < 1.29 is 0 Å². The molecule has 0 radical (unpaired) electrons. The van der Waals surface area contributed by atoms with Gasteiger partial charge in [0.2, 0.25) is 0 Å². The van der Waals surface area contributed by atoms with E-state index in [1.807, 2.05) is 30.7 Å². The van der Waals surface area contributed by atoms with Gasteiger partial charge in [0, 0.05) is 10.9 Å². The SMILES string of the molecule is CCC(C)(N)C#Cc1ccsc1. The summed E-state index contributed by atoms with van der Waals surface area (Å²) in [6, 6.07) is 2.00. The molecule has 2 N–H and O–H groups in total. The van der Waals surface area contributed by atoms with Gasteiger partial charge in [-0.3, -0.25) is 0 Å². The van der Waals surface area contributed by atoms with Crippen molar-refractivity contribution in [2.75, 3.05) is 0 Å². The minimum Gasteiger partial charge on any atom is -0.315 e. The Morgan fingerprint density at radius 1 is 1.67 bits per heavy atom. The van der Waals surface area contributed by atoms with Crippen LogP contribution in [-0.2, 0) is 0 Å². The summed E-state index contributed by atoms with van der Waals surface area (Å²) < 4.78 is 0. The summed E-state index contributed by atoms with van der Waals surface area (Å²) in [6.07, 6.45) is 0.879. The summed E-state index contributed by atoms with van der Waals surface area (Å²) in [4.78, 5) is 0. The molecule has 64 valence electrons. The van der Waals surface area contributed by atoms with E-state index in [4.69, 9.17) is 5.73 Å². The highest BCUT2D eigenvalue weighted by molar-refractivity contribution is 7.08. The number of thiophene rings is 1. The van der Waals surface area contributed by atoms with Crippen molar-refractivity contribution in [3.8, 4) is 11.8 Å². The first-order valence-electron chi connectivity index (χ1n) is 3.98. The number of rotatable bonds is 1. The molecular weight excluding hydrogens is 166 g/mol. The van der Waals surface area contributed by atoms with E-state index in [0.29, 0.717) is 0 Å². The lowest BCUT2D eigenvalue weighted by atomic mass is 10.0. The molecule has 1 heterocycles. The Kier molecular flexibility index (Phi) is 2.91. The van der Waals surface area contributed by atoms with Crippen LogP contribution < -0.4 is 5.73 Å². The van der Waals surface area contributed by atoms with Crippen LogP contribution in [0.25, 0.3) is 0 Å². The van der Waals surface area contributed by atoms with Crippen LogP contribution in [0.4, 0.5) is 0 Å². The molecule has 0 aliphatic rings. The van der Waals surface area contributed by atoms with Crippen molar-refractivity contribution in [1.82, 2.24) is 0 Å². The van der Waals surface area contributed by atoms with Gasteiger partial charge < -0.3 is 5.73 Å². The van der Waals surface area contributed by atoms with Gasteiger partial charge in [-0.05, 0) is 24.8 Å². The smallest absolute Gasteiger partial charge is 0.0748 e.